The van der Waals surface area contributed by atoms with Crippen molar-refractivity contribution in [3.05, 3.63) is 47.2 Å². The third-order valence-electron chi connectivity index (χ3n) is 9.16. The zero-order valence-corrected chi connectivity index (χ0v) is 22.5. The Labute approximate surface area is 222 Å². The fourth-order valence-electron chi connectivity index (χ4n) is 6.93. The molecule has 2 aromatic rings. The van der Waals surface area contributed by atoms with Crippen molar-refractivity contribution in [1.29, 1.82) is 5.26 Å². The van der Waals surface area contributed by atoms with Crippen molar-refractivity contribution >= 4 is 11.8 Å². The Morgan fingerprint density at radius 2 is 1.81 bits per heavy atom. The van der Waals surface area contributed by atoms with Crippen molar-refractivity contribution in [1.82, 2.24) is 15.3 Å². The molecule has 7 nitrogen and oxygen atoms in total. The van der Waals surface area contributed by atoms with Crippen LogP contribution in [0.3, 0.4) is 0 Å². The summed E-state index contributed by atoms with van der Waals surface area (Å²) in [5.41, 5.74) is 9.35. The Hall–Kier alpha value is -2.69. The van der Waals surface area contributed by atoms with Crippen molar-refractivity contribution in [3.63, 3.8) is 0 Å². The first-order valence-corrected chi connectivity index (χ1v) is 14.2. The standard InChI is InChI=1S/C30H43N7/c1-20-6-3-4-7-24(20)18-34-29-35-19-25(16-31)28(37-29)33-17-21-14-22-8-5-9-23(15-21)27(22)36-26-10-12-30(2,32)13-11-26/h3-4,6-7,19,21-23,26-27,36H,5,8-15,17-18,32H2,1-2H3,(H2,33,34,35,37)/t21?,22-,23+,26?,27-,30?. The average molecular weight is 502 g/mol. The first-order valence-electron chi connectivity index (χ1n) is 14.2. The molecule has 1 aromatic carbocycles. The molecule has 0 spiro atoms. The molecule has 3 aliphatic rings. The van der Waals surface area contributed by atoms with E-state index in [0.717, 1.165) is 31.2 Å². The fourth-order valence-corrected chi connectivity index (χ4v) is 6.93. The maximum Gasteiger partial charge on any atom is 0.224 e. The average Bonchev–Trinajstić information content (AvgIpc) is 2.88. The van der Waals surface area contributed by atoms with Gasteiger partial charge in [0.05, 0.1) is 6.20 Å². The lowest BCUT2D eigenvalue weighted by Crippen LogP contribution is -2.55. The second-order valence-electron chi connectivity index (χ2n) is 12.1. The predicted octanol–water partition coefficient (Wildman–Crippen LogP) is 5.13. The zero-order valence-electron chi connectivity index (χ0n) is 22.5. The van der Waals surface area contributed by atoms with E-state index in [4.69, 9.17) is 5.73 Å². The number of nitriles is 1. The van der Waals surface area contributed by atoms with E-state index in [2.05, 4.69) is 58.0 Å². The maximum atomic E-state index is 9.64. The van der Waals surface area contributed by atoms with Crippen LogP contribution in [0.2, 0.25) is 0 Å². The number of nitrogens with one attached hydrogen (secondary N) is 3. The lowest BCUT2D eigenvalue weighted by molar-refractivity contribution is 0.0727. The van der Waals surface area contributed by atoms with Crippen molar-refractivity contribution in [2.24, 2.45) is 23.5 Å². The summed E-state index contributed by atoms with van der Waals surface area (Å²) in [7, 11) is 0. The number of nitrogens with zero attached hydrogens (tertiary/aromatic N) is 3. The monoisotopic (exact) mass is 501 g/mol. The molecule has 1 aromatic heterocycles. The van der Waals surface area contributed by atoms with E-state index in [9.17, 15) is 5.26 Å². The van der Waals surface area contributed by atoms with Crippen LogP contribution in [0.5, 0.6) is 0 Å². The van der Waals surface area contributed by atoms with Crippen LogP contribution in [0.15, 0.2) is 30.5 Å². The molecular weight excluding hydrogens is 458 g/mol. The number of fused-ring (bicyclic) bond motifs is 2. The van der Waals surface area contributed by atoms with Gasteiger partial charge >= 0.3 is 0 Å². The number of aryl methyl sites for hydroxylation is 1. The Balaban J connectivity index is 1.17. The number of benzene rings is 1. The second-order valence-corrected chi connectivity index (χ2v) is 12.1. The van der Waals surface area contributed by atoms with E-state index < -0.39 is 0 Å². The molecular formula is C30H43N7. The highest BCUT2D eigenvalue weighted by atomic mass is 15.1. The maximum absolute atomic E-state index is 9.64. The van der Waals surface area contributed by atoms with Crippen molar-refractivity contribution in [3.8, 4) is 6.07 Å². The number of hydrogen-bond acceptors (Lipinski definition) is 7. The lowest BCUT2D eigenvalue weighted by Gasteiger charge is -2.48. The fraction of sp³-hybridized carbons (Fsp3) is 0.633. The Morgan fingerprint density at radius 3 is 2.51 bits per heavy atom. The lowest BCUT2D eigenvalue weighted by atomic mass is 9.64. The smallest absolute Gasteiger partial charge is 0.224 e. The predicted molar refractivity (Wildman–Crippen MR) is 149 cm³/mol. The Kier molecular flexibility index (Phi) is 7.97. The third kappa shape index (κ3) is 6.42. The number of aromatic nitrogens is 2. The molecule has 1 unspecified atom stereocenters. The zero-order chi connectivity index (χ0) is 25.8. The van der Waals surface area contributed by atoms with Gasteiger partial charge in [-0.3, -0.25) is 0 Å². The van der Waals surface area contributed by atoms with Gasteiger partial charge in [-0.2, -0.15) is 10.2 Å². The highest BCUT2D eigenvalue weighted by molar-refractivity contribution is 5.53. The quantitative estimate of drug-likeness (QED) is 0.397. The molecule has 0 saturated heterocycles. The minimum absolute atomic E-state index is 0.0243. The number of hydrogen-bond donors (Lipinski definition) is 4. The van der Waals surface area contributed by atoms with Crippen LogP contribution in [0.25, 0.3) is 0 Å². The summed E-state index contributed by atoms with van der Waals surface area (Å²) in [6.45, 7) is 5.82. The van der Waals surface area contributed by atoms with Gasteiger partial charge in [0.15, 0.2) is 0 Å². The summed E-state index contributed by atoms with van der Waals surface area (Å²) >= 11 is 0. The van der Waals surface area contributed by atoms with Gasteiger partial charge in [-0.05, 0) is 94.1 Å². The number of anilines is 2. The number of nitrogens with two attached hydrogens (primary N) is 1. The van der Waals surface area contributed by atoms with Gasteiger partial charge in [0, 0.05) is 30.7 Å². The van der Waals surface area contributed by atoms with Crippen LogP contribution in [0.1, 0.15) is 81.4 Å². The molecule has 5 N–H and O–H groups in total. The highest BCUT2D eigenvalue weighted by Crippen LogP contribution is 2.43. The molecule has 1 heterocycles. The van der Waals surface area contributed by atoms with E-state index in [1.54, 1.807) is 6.20 Å². The molecule has 3 saturated carbocycles. The summed E-state index contributed by atoms with van der Waals surface area (Å²) in [6.07, 6.45) is 12.8. The van der Waals surface area contributed by atoms with Crippen molar-refractivity contribution in [2.75, 3.05) is 17.2 Å². The van der Waals surface area contributed by atoms with Crippen molar-refractivity contribution < 1.29 is 0 Å². The minimum atomic E-state index is 0.0243. The second kappa shape index (κ2) is 11.4. The van der Waals surface area contributed by atoms with Gasteiger partial charge in [-0.25, -0.2) is 4.98 Å². The molecule has 198 valence electrons. The molecule has 0 radical (unpaired) electrons. The summed E-state index contributed by atoms with van der Waals surface area (Å²) in [6, 6.07) is 11.8. The van der Waals surface area contributed by atoms with Gasteiger partial charge < -0.3 is 21.7 Å². The van der Waals surface area contributed by atoms with E-state index in [1.165, 1.54) is 56.1 Å². The Bertz CT molecular complexity index is 1080. The topological polar surface area (TPSA) is 112 Å². The van der Waals surface area contributed by atoms with Gasteiger partial charge in [0.1, 0.15) is 17.5 Å². The molecule has 4 atom stereocenters. The normalized spacial score (nSPS) is 31.4. The molecule has 2 bridgehead atoms. The third-order valence-corrected chi connectivity index (χ3v) is 9.16. The van der Waals surface area contributed by atoms with Crippen LogP contribution in [0.4, 0.5) is 11.8 Å². The van der Waals surface area contributed by atoms with Crippen LogP contribution in [-0.4, -0.2) is 34.1 Å². The summed E-state index contributed by atoms with van der Waals surface area (Å²) in [5.74, 6) is 3.30. The van der Waals surface area contributed by atoms with Gasteiger partial charge in [0.2, 0.25) is 5.95 Å². The molecule has 7 heteroatoms. The van der Waals surface area contributed by atoms with Crippen LogP contribution in [-0.2, 0) is 6.54 Å². The molecule has 3 fully saturated rings. The van der Waals surface area contributed by atoms with E-state index >= 15 is 0 Å². The molecule has 0 aliphatic heterocycles. The molecule has 0 amide bonds. The first kappa shape index (κ1) is 25.9. The van der Waals surface area contributed by atoms with Gasteiger partial charge in [-0.15, -0.1) is 0 Å². The highest BCUT2D eigenvalue weighted by Gasteiger charge is 2.41. The number of rotatable bonds is 8. The first-order chi connectivity index (χ1) is 17.9. The van der Waals surface area contributed by atoms with Crippen LogP contribution < -0.4 is 21.7 Å². The molecule has 3 aliphatic carbocycles. The summed E-state index contributed by atoms with van der Waals surface area (Å²) < 4.78 is 0. The molecule has 5 rings (SSSR count). The summed E-state index contributed by atoms with van der Waals surface area (Å²) in [4.78, 5) is 9.04. The van der Waals surface area contributed by atoms with Gasteiger partial charge in [0.25, 0.3) is 0 Å². The largest absolute Gasteiger partial charge is 0.369 e. The van der Waals surface area contributed by atoms with E-state index in [0.29, 0.717) is 41.9 Å². The Morgan fingerprint density at radius 1 is 1.08 bits per heavy atom. The van der Waals surface area contributed by atoms with Crippen LogP contribution >= 0.6 is 0 Å². The van der Waals surface area contributed by atoms with E-state index in [1.807, 2.05) is 12.1 Å². The summed E-state index contributed by atoms with van der Waals surface area (Å²) in [5, 5.41) is 20.6. The van der Waals surface area contributed by atoms with Crippen LogP contribution in [0, 0.1) is 36.0 Å². The van der Waals surface area contributed by atoms with Crippen molar-refractivity contribution in [2.45, 2.75) is 95.8 Å². The minimum Gasteiger partial charge on any atom is -0.369 e. The van der Waals surface area contributed by atoms with E-state index in [-0.39, 0.29) is 5.54 Å². The SMILES string of the molecule is Cc1ccccc1CNc1ncc(C#N)c(NCC2C[C@H]3CCC[C@@H](C2)[C@@H]3NC2CCC(C)(N)CC2)n1. The molecule has 37 heavy (non-hydrogen) atoms. The van der Waals surface area contributed by atoms with Gasteiger partial charge in [-0.1, -0.05) is 30.7 Å².